The third-order valence-corrected chi connectivity index (χ3v) is 3.40. The predicted octanol–water partition coefficient (Wildman–Crippen LogP) is 3.28. The average Bonchev–Trinajstić information content (AvgIpc) is 2.83. The molecule has 0 saturated heterocycles. The van der Waals surface area contributed by atoms with Gasteiger partial charge in [-0.3, -0.25) is 0 Å². The largest absolute Gasteiger partial charge is 0.475 e. The summed E-state index contributed by atoms with van der Waals surface area (Å²) in [5.74, 6) is 1.90. The molecule has 0 atom stereocenters. The normalized spacial score (nSPS) is 10.8. The molecule has 0 bridgehead atoms. The highest BCUT2D eigenvalue weighted by molar-refractivity contribution is 7.09. The molecule has 108 valence electrons. The number of anilines is 1. The Morgan fingerprint density at radius 1 is 1.45 bits per heavy atom. The second-order valence-electron chi connectivity index (χ2n) is 4.68. The van der Waals surface area contributed by atoms with Crippen LogP contribution in [0.25, 0.3) is 0 Å². The predicted molar refractivity (Wildman–Crippen MR) is 81.7 cm³/mol. The van der Waals surface area contributed by atoms with Crippen LogP contribution in [0.4, 0.5) is 5.13 Å². The zero-order chi connectivity index (χ0) is 14.4. The lowest BCUT2D eigenvalue weighted by Crippen LogP contribution is -2.12. The maximum atomic E-state index is 5.94. The van der Waals surface area contributed by atoms with E-state index in [0.717, 1.165) is 17.4 Å². The van der Waals surface area contributed by atoms with Crippen molar-refractivity contribution >= 4 is 28.3 Å². The Morgan fingerprint density at radius 3 is 3.05 bits per heavy atom. The van der Waals surface area contributed by atoms with Gasteiger partial charge in [0, 0.05) is 24.2 Å². The van der Waals surface area contributed by atoms with Crippen LogP contribution in [0.3, 0.4) is 0 Å². The van der Waals surface area contributed by atoms with Gasteiger partial charge >= 0.3 is 0 Å². The molecule has 0 aliphatic rings. The minimum Gasteiger partial charge on any atom is -0.475 e. The van der Waals surface area contributed by atoms with E-state index in [9.17, 15) is 0 Å². The van der Waals surface area contributed by atoms with Crippen molar-refractivity contribution < 1.29 is 4.74 Å². The zero-order valence-corrected chi connectivity index (χ0v) is 13.0. The Kier molecular flexibility index (Phi) is 5.55. The van der Waals surface area contributed by atoms with Crippen molar-refractivity contribution in [3.05, 3.63) is 29.2 Å². The second-order valence-corrected chi connectivity index (χ2v) is 5.84. The Bertz CT molecular complexity index is 547. The van der Waals surface area contributed by atoms with Crippen LogP contribution in [-0.4, -0.2) is 27.5 Å². The number of ether oxygens (including phenoxy) is 1. The molecule has 0 radical (unpaired) electrons. The summed E-state index contributed by atoms with van der Waals surface area (Å²) in [6.07, 6.45) is 2.55. The Hall–Kier alpha value is -1.40. The van der Waals surface area contributed by atoms with Crippen LogP contribution < -0.4 is 10.1 Å². The minimum absolute atomic E-state index is 0.453. The summed E-state index contributed by atoms with van der Waals surface area (Å²) in [6, 6.07) is 3.52. The van der Waals surface area contributed by atoms with Crippen molar-refractivity contribution in [3.63, 3.8) is 0 Å². The third-order valence-electron chi connectivity index (χ3n) is 2.40. The van der Waals surface area contributed by atoms with Gasteiger partial charge in [0.05, 0.1) is 6.54 Å². The van der Waals surface area contributed by atoms with Crippen LogP contribution in [-0.2, 0) is 6.42 Å². The number of nitrogens with one attached hydrogen (secondary N) is 1. The Balaban J connectivity index is 1.73. The monoisotopic (exact) mass is 312 g/mol. The first-order valence-corrected chi connectivity index (χ1v) is 7.60. The molecule has 1 N–H and O–H groups in total. The summed E-state index contributed by atoms with van der Waals surface area (Å²) in [4.78, 5) is 8.46. The van der Waals surface area contributed by atoms with Crippen LogP contribution in [0.5, 0.6) is 5.88 Å². The Labute approximate surface area is 127 Å². The van der Waals surface area contributed by atoms with Crippen molar-refractivity contribution in [2.75, 3.05) is 18.5 Å². The fourth-order valence-corrected chi connectivity index (χ4v) is 2.35. The van der Waals surface area contributed by atoms with Crippen LogP contribution >= 0.6 is 23.1 Å². The topological polar surface area (TPSA) is 59.9 Å². The van der Waals surface area contributed by atoms with Gasteiger partial charge in [-0.2, -0.15) is 4.37 Å². The molecule has 0 aliphatic heterocycles. The number of halogens is 1. The van der Waals surface area contributed by atoms with E-state index in [1.165, 1.54) is 11.5 Å². The molecular formula is C13H17ClN4OS. The summed E-state index contributed by atoms with van der Waals surface area (Å²) in [5, 5.41) is 4.51. The highest BCUT2D eigenvalue weighted by Crippen LogP contribution is 2.19. The quantitative estimate of drug-likeness (QED) is 0.795. The number of aromatic nitrogens is 3. The van der Waals surface area contributed by atoms with Crippen molar-refractivity contribution in [2.24, 2.45) is 5.92 Å². The van der Waals surface area contributed by atoms with Crippen molar-refractivity contribution in [3.8, 4) is 5.88 Å². The van der Waals surface area contributed by atoms with Gasteiger partial charge in [-0.05, 0) is 18.1 Å². The average molecular weight is 313 g/mol. The highest BCUT2D eigenvalue weighted by Gasteiger charge is 2.06. The van der Waals surface area contributed by atoms with Crippen LogP contribution in [0, 0.1) is 5.92 Å². The zero-order valence-electron chi connectivity index (χ0n) is 11.5. The number of hydrogen-bond donors (Lipinski definition) is 1. The van der Waals surface area contributed by atoms with Crippen molar-refractivity contribution in [1.29, 1.82) is 0 Å². The number of rotatable bonds is 7. The van der Waals surface area contributed by atoms with Gasteiger partial charge in [0.15, 0.2) is 0 Å². The van der Waals surface area contributed by atoms with E-state index in [0.29, 0.717) is 30.0 Å². The van der Waals surface area contributed by atoms with Crippen LogP contribution in [0.2, 0.25) is 5.02 Å². The molecule has 7 heteroatoms. The van der Waals surface area contributed by atoms with E-state index in [1.807, 2.05) is 0 Å². The minimum atomic E-state index is 0.453. The van der Waals surface area contributed by atoms with Gasteiger partial charge in [0.1, 0.15) is 17.5 Å². The van der Waals surface area contributed by atoms with Gasteiger partial charge in [0.2, 0.25) is 11.0 Å². The molecular weight excluding hydrogens is 296 g/mol. The summed E-state index contributed by atoms with van der Waals surface area (Å²) in [5.41, 5.74) is 0. The third kappa shape index (κ3) is 4.61. The molecule has 2 rings (SSSR count). The van der Waals surface area contributed by atoms with E-state index in [-0.39, 0.29) is 0 Å². The van der Waals surface area contributed by atoms with Crippen LogP contribution in [0.15, 0.2) is 18.3 Å². The maximum absolute atomic E-state index is 5.94. The van der Waals surface area contributed by atoms with Gasteiger partial charge in [-0.1, -0.05) is 25.4 Å². The fourth-order valence-electron chi connectivity index (χ4n) is 1.56. The standard InChI is InChI=1S/C13H17ClN4OS/c1-9(2)8-11-17-13(20-18-11)16-6-7-19-12-10(14)4-3-5-15-12/h3-5,9H,6-8H2,1-2H3,(H,16,17,18). The molecule has 0 saturated carbocycles. The molecule has 0 fully saturated rings. The summed E-state index contributed by atoms with van der Waals surface area (Å²) >= 11 is 7.32. The molecule has 2 aromatic heterocycles. The van der Waals surface area contributed by atoms with E-state index < -0.39 is 0 Å². The molecule has 0 aromatic carbocycles. The van der Waals surface area contributed by atoms with Gasteiger partial charge in [-0.25, -0.2) is 9.97 Å². The SMILES string of the molecule is CC(C)Cc1nsc(NCCOc2ncccc2Cl)n1. The lowest BCUT2D eigenvalue weighted by Gasteiger charge is -2.06. The molecule has 0 spiro atoms. The van der Waals surface area contributed by atoms with Crippen molar-refractivity contribution in [1.82, 2.24) is 14.3 Å². The summed E-state index contributed by atoms with van der Waals surface area (Å²) in [6.45, 7) is 5.40. The number of pyridine rings is 1. The van der Waals surface area contributed by atoms with Crippen molar-refractivity contribution in [2.45, 2.75) is 20.3 Å². The molecule has 20 heavy (non-hydrogen) atoms. The fraction of sp³-hybridized carbons (Fsp3) is 0.462. The smallest absolute Gasteiger partial charge is 0.232 e. The second kappa shape index (κ2) is 7.40. The lowest BCUT2D eigenvalue weighted by molar-refractivity contribution is 0.320. The Morgan fingerprint density at radius 2 is 2.30 bits per heavy atom. The molecule has 5 nitrogen and oxygen atoms in total. The molecule has 2 heterocycles. The molecule has 2 aromatic rings. The summed E-state index contributed by atoms with van der Waals surface area (Å²) < 4.78 is 9.78. The van der Waals surface area contributed by atoms with Gasteiger partial charge < -0.3 is 10.1 Å². The number of nitrogens with zero attached hydrogens (tertiary/aromatic N) is 3. The summed E-state index contributed by atoms with van der Waals surface area (Å²) in [7, 11) is 0. The number of hydrogen-bond acceptors (Lipinski definition) is 6. The molecule has 0 amide bonds. The van der Waals surface area contributed by atoms with Crippen LogP contribution in [0.1, 0.15) is 19.7 Å². The lowest BCUT2D eigenvalue weighted by atomic mass is 10.1. The highest BCUT2D eigenvalue weighted by atomic mass is 35.5. The van der Waals surface area contributed by atoms with E-state index in [2.05, 4.69) is 33.5 Å². The van der Waals surface area contributed by atoms with E-state index >= 15 is 0 Å². The molecule has 0 unspecified atom stereocenters. The first-order valence-electron chi connectivity index (χ1n) is 6.45. The maximum Gasteiger partial charge on any atom is 0.232 e. The van der Waals surface area contributed by atoms with E-state index in [4.69, 9.17) is 16.3 Å². The molecule has 0 aliphatic carbocycles. The first kappa shape index (κ1) is 15.0. The van der Waals surface area contributed by atoms with E-state index in [1.54, 1.807) is 18.3 Å². The van der Waals surface area contributed by atoms with Gasteiger partial charge in [-0.15, -0.1) is 0 Å². The van der Waals surface area contributed by atoms with Gasteiger partial charge in [0.25, 0.3) is 0 Å². The first-order chi connectivity index (χ1) is 9.65.